The Bertz CT molecular complexity index is 1460. The summed E-state index contributed by atoms with van der Waals surface area (Å²) in [6.07, 6.45) is -7.87. The van der Waals surface area contributed by atoms with Gasteiger partial charge in [0.1, 0.15) is 42.7 Å². The summed E-state index contributed by atoms with van der Waals surface area (Å²) in [5, 5.41) is 97.9. The molecule has 0 aromatic heterocycles. The van der Waals surface area contributed by atoms with Gasteiger partial charge in [-0.2, -0.15) is 0 Å². The fraction of sp³-hybridized carbons (Fsp3) is 1.00. The van der Waals surface area contributed by atoms with Crippen LogP contribution < -0.4 is 0 Å². The van der Waals surface area contributed by atoms with Gasteiger partial charge in [0.25, 0.3) is 0 Å². The second-order valence-corrected chi connectivity index (χ2v) is 21.1. The molecule has 316 valence electrons. The highest BCUT2D eigenvalue weighted by molar-refractivity contribution is 5.33. The second kappa shape index (κ2) is 13.2. The van der Waals surface area contributed by atoms with Gasteiger partial charge in [0, 0.05) is 5.92 Å². The average molecular weight is 785 g/mol. The van der Waals surface area contributed by atoms with Gasteiger partial charge in [-0.1, -0.05) is 27.7 Å². The molecule has 3 aliphatic heterocycles. The Morgan fingerprint density at radius 1 is 0.709 bits per heavy atom. The number of rotatable bonds is 7. The Labute approximate surface area is 324 Å². The van der Waals surface area contributed by atoms with Crippen LogP contribution in [0, 0.1) is 44.8 Å². The first-order valence-electron chi connectivity index (χ1n) is 20.9. The second-order valence-electron chi connectivity index (χ2n) is 21.1. The quantitative estimate of drug-likeness (QED) is 0.162. The average Bonchev–Trinajstić information content (AvgIpc) is 3.45. The van der Waals surface area contributed by atoms with Crippen molar-refractivity contribution in [1.82, 2.24) is 0 Å². The minimum Gasteiger partial charge on any atom is -0.394 e. The van der Waals surface area contributed by atoms with Crippen molar-refractivity contribution < 1.29 is 69.6 Å². The van der Waals surface area contributed by atoms with Crippen LogP contribution in [0.3, 0.4) is 0 Å². The fourth-order valence-electron chi connectivity index (χ4n) is 14.9. The summed E-state index contributed by atoms with van der Waals surface area (Å²) in [7, 11) is 0. The molecule has 14 heteroatoms. The van der Waals surface area contributed by atoms with Crippen molar-refractivity contribution in [2.45, 2.75) is 197 Å². The van der Waals surface area contributed by atoms with Crippen LogP contribution in [0.15, 0.2) is 0 Å². The molecule has 3 heterocycles. The normalized spacial score (nSPS) is 58.7. The Morgan fingerprint density at radius 2 is 1.42 bits per heavy atom. The lowest BCUT2D eigenvalue weighted by atomic mass is 9.41. The molecule has 8 fully saturated rings. The molecule has 5 saturated carbocycles. The zero-order valence-corrected chi connectivity index (χ0v) is 33.6. The molecule has 9 N–H and O–H groups in total. The SMILES string of the molecule is CC(C)(O)C1CC[C@](C)(C2[C@@H](O)C[C@@]3(C)[C@H]4C[C@H](O)[C@@H]5C(C)(C)[C@@H](O[C@@H]6OC[C@@H](O)[C@H](O)[C@H]6O[C@@H]6O[C@H](CO)[C@@H](O)[C@H](O)[C@H]6O)CC[C@]56C[C@@]46CC[C@@]23C)O1. The third-order valence-corrected chi connectivity index (χ3v) is 17.6. The molecule has 55 heavy (non-hydrogen) atoms. The first-order valence-corrected chi connectivity index (χ1v) is 20.9. The van der Waals surface area contributed by atoms with E-state index < -0.39 is 96.8 Å². The van der Waals surface area contributed by atoms with Gasteiger partial charge in [0.2, 0.25) is 0 Å². The van der Waals surface area contributed by atoms with E-state index in [1.165, 1.54) is 0 Å². The predicted octanol–water partition coefficient (Wildman–Crippen LogP) is 0.724. The molecule has 0 radical (unpaired) electrons. The molecule has 0 amide bonds. The summed E-state index contributed by atoms with van der Waals surface area (Å²) in [6.45, 7) is 13.8. The van der Waals surface area contributed by atoms with Crippen LogP contribution in [-0.4, -0.2) is 150 Å². The van der Waals surface area contributed by atoms with E-state index in [1.807, 2.05) is 0 Å². The number of hydrogen-bond acceptors (Lipinski definition) is 14. The molecule has 8 aliphatic rings. The smallest absolute Gasteiger partial charge is 0.187 e. The lowest BCUT2D eigenvalue weighted by Crippen LogP contribution is -2.64. The largest absolute Gasteiger partial charge is 0.394 e. The van der Waals surface area contributed by atoms with Crippen molar-refractivity contribution in [2.24, 2.45) is 44.8 Å². The molecular formula is C41H68O14. The van der Waals surface area contributed by atoms with Crippen molar-refractivity contribution in [3.8, 4) is 0 Å². The molecule has 21 atom stereocenters. The Balaban J connectivity index is 1.02. The Morgan fingerprint density at radius 3 is 2.07 bits per heavy atom. The van der Waals surface area contributed by atoms with Gasteiger partial charge < -0.3 is 69.6 Å². The highest BCUT2D eigenvalue weighted by atomic mass is 16.8. The topological polar surface area (TPSA) is 228 Å². The van der Waals surface area contributed by atoms with Crippen LogP contribution in [0.5, 0.6) is 0 Å². The first kappa shape index (κ1) is 41.2. The zero-order chi connectivity index (χ0) is 40.1. The van der Waals surface area contributed by atoms with E-state index in [1.54, 1.807) is 13.8 Å². The van der Waals surface area contributed by atoms with E-state index in [9.17, 15) is 46.0 Å². The first-order chi connectivity index (χ1) is 25.5. The molecule has 0 aromatic rings. The molecule has 0 bridgehead atoms. The minimum absolute atomic E-state index is 0.0193. The van der Waals surface area contributed by atoms with Crippen molar-refractivity contribution in [2.75, 3.05) is 13.2 Å². The molecule has 3 saturated heterocycles. The maximum Gasteiger partial charge on any atom is 0.187 e. The van der Waals surface area contributed by atoms with E-state index >= 15 is 0 Å². The zero-order valence-electron chi connectivity index (χ0n) is 33.6. The van der Waals surface area contributed by atoms with Crippen LogP contribution >= 0.6 is 0 Å². The van der Waals surface area contributed by atoms with Crippen LogP contribution in [0.4, 0.5) is 0 Å². The number of aliphatic hydroxyl groups is 9. The molecular weight excluding hydrogens is 716 g/mol. The number of aliphatic hydroxyl groups excluding tert-OH is 8. The fourth-order valence-corrected chi connectivity index (χ4v) is 14.9. The van der Waals surface area contributed by atoms with Gasteiger partial charge >= 0.3 is 0 Å². The van der Waals surface area contributed by atoms with Crippen LogP contribution in [0.2, 0.25) is 0 Å². The summed E-state index contributed by atoms with van der Waals surface area (Å²) >= 11 is 0. The Hall–Kier alpha value is -0.560. The van der Waals surface area contributed by atoms with Crippen molar-refractivity contribution in [3.63, 3.8) is 0 Å². The molecule has 8 rings (SSSR count). The lowest BCUT2D eigenvalue weighted by Gasteiger charge is -2.64. The van der Waals surface area contributed by atoms with Gasteiger partial charge in [-0.05, 0) is 117 Å². The van der Waals surface area contributed by atoms with Crippen molar-refractivity contribution >= 4 is 0 Å². The van der Waals surface area contributed by atoms with Gasteiger partial charge in [-0.3, -0.25) is 0 Å². The van der Waals surface area contributed by atoms with Gasteiger partial charge in [0.15, 0.2) is 12.6 Å². The highest BCUT2D eigenvalue weighted by Gasteiger charge is 2.85. The Kier molecular flexibility index (Phi) is 9.90. The van der Waals surface area contributed by atoms with Gasteiger partial charge in [-0.15, -0.1) is 0 Å². The van der Waals surface area contributed by atoms with Crippen LogP contribution in [-0.2, 0) is 23.7 Å². The van der Waals surface area contributed by atoms with Crippen LogP contribution in [0.1, 0.15) is 106 Å². The number of fused-ring (bicyclic) bond motifs is 2. The predicted molar refractivity (Wildman–Crippen MR) is 194 cm³/mol. The van der Waals surface area contributed by atoms with E-state index in [0.29, 0.717) is 19.3 Å². The monoisotopic (exact) mass is 784 g/mol. The molecule has 14 nitrogen and oxygen atoms in total. The summed E-state index contributed by atoms with van der Waals surface area (Å²) in [5.74, 6) is 0.0159. The van der Waals surface area contributed by atoms with E-state index in [2.05, 4.69) is 34.6 Å². The summed E-state index contributed by atoms with van der Waals surface area (Å²) in [5.41, 5.74) is -2.64. The maximum atomic E-state index is 12.4. The maximum absolute atomic E-state index is 12.4. The summed E-state index contributed by atoms with van der Waals surface area (Å²) < 4.78 is 30.9. The molecule has 5 aliphatic carbocycles. The van der Waals surface area contributed by atoms with Crippen molar-refractivity contribution in [1.29, 1.82) is 0 Å². The molecule has 0 aromatic carbocycles. The standard InChI is InChI=1S/C41H68O14/c1-35(2)24(53-34-30(26(46)21(45)17-51-34)54-33-29(49)28(48)27(47)22(16-42)52-33)9-11-41-18-40(41)13-12-37(5)32(39(7)10-8-25(55-39)36(3,4)50)20(44)15-38(37,6)23(40)14-19(43)31(35)41/h19-34,42-50H,8-18H2,1-7H3/t19-,20-,21+,22+,23+,24-,25?,26-,27+,28-,29+,30+,31+,32?,33-,34-,37-,38-,39+,40-,41-/m0/s1. The summed E-state index contributed by atoms with van der Waals surface area (Å²) in [6, 6.07) is 0. The molecule has 2 unspecified atom stereocenters. The van der Waals surface area contributed by atoms with E-state index in [-0.39, 0.29) is 52.1 Å². The van der Waals surface area contributed by atoms with E-state index in [4.69, 9.17) is 23.7 Å². The number of ether oxygens (including phenoxy) is 5. The third kappa shape index (κ3) is 5.70. The van der Waals surface area contributed by atoms with Gasteiger partial charge in [0.05, 0.1) is 48.8 Å². The van der Waals surface area contributed by atoms with Crippen molar-refractivity contribution in [3.05, 3.63) is 0 Å². The van der Waals surface area contributed by atoms with Gasteiger partial charge in [-0.25, -0.2) is 0 Å². The molecule has 2 spiro atoms. The van der Waals surface area contributed by atoms with Crippen LogP contribution in [0.25, 0.3) is 0 Å². The summed E-state index contributed by atoms with van der Waals surface area (Å²) in [4.78, 5) is 0. The highest BCUT2D eigenvalue weighted by Crippen LogP contribution is 2.89. The van der Waals surface area contributed by atoms with E-state index in [0.717, 1.165) is 38.5 Å². The lowest BCUT2D eigenvalue weighted by molar-refractivity contribution is -0.366. The third-order valence-electron chi connectivity index (χ3n) is 17.6. The number of hydrogen-bond donors (Lipinski definition) is 9. The minimum atomic E-state index is -1.72.